The number of rotatable bonds is 4. The van der Waals surface area contributed by atoms with Gasteiger partial charge in [-0.3, -0.25) is 0 Å². The molecule has 0 radical (unpaired) electrons. The quantitative estimate of drug-likeness (QED) is 0.856. The van der Waals surface area contributed by atoms with E-state index < -0.39 is 5.82 Å². The van der Waals surface area contributed by atoms with Crippen molar-refractivity contribution in [3.63, 3.8) is 0 Å². The molecule has 1 fully saturated rings. The van der Waals surface area contributed by atoms with Crippen molar-refractivity contribution < 1.29 is 9.50 Å². The molecule has 0 bridgehead atoms. The summed E-state index contributed by atoms with van der Waals surface area (Å²) in [6, 6.07) is 4.64. The maximum Gasteiger partial charge on any atom is 0.141 e. The Balaban J connectivity index is 1.89. The lowest BCUT2D eigenvalue weighted by molar-refractivity contribution is 0.118. The van der Waals surface area contributed by atoms with E-state index in [1.807, 2.05) is 0 Å². The lowest BCUT2D eigenvalue weighted by Gasteiger charge is -2.27. The van der Waals surface area contributed by atoms with E-state index in [1.165, 1.54) is 25.3 Å². The van der Waals surface area contributed by atoms with Crippen LogP contribution in [0.15, 0.2) is 18.2 Å². The first kappa shape index (κ1) is 11.9. The van der Waals surface area contributed by atoms with E-state index in [-0.39, 0.29) is 11.1 Å². The summed E-state index contributed by atoms with van der Waals surface area (Å²) in [5.74, 6) is 0.282. The molecule has 1 aliphatic carbocycles. The molecule has 1 atom stereocenters. The summed E-state index contributed by atoms with van der Waals surface area (Å²) < 4.78 is 12.9. The van der Waals surface area contributed by atoms with Gasteiger partial charge in [-0.1, -0.05) is 36.9 Å². The zero-order chi connectivity index (χ0) is 11.5. The number of benzene rings is 1. The van der Waals surface area contributed by atoms with Crippen LogP contribution in [0.3, 0.4) is 0 Å². The van der Waals surface area contributed by atoms with Crippen LogP contribution in [0.2, 0.25) is 5.02 Å². The SMILES string of the molecule is OC(Cc1ccc(F)c(Cl)c1)CC1CCC1. The lowest BCUT2D eigenvalue weighted by Crippen LogP contribution is -2.20. The Labute approximate surface area is 100 Å². The predicted molar refractivity (Wildman–Crippen MR) is 63.1 cm³/mol. The molecule has 1 aliphatic rings. The van der Waals surface area contributed by atoms with Crippen LogP contribution in [-0.4, -0.2) is 11.2 Å². The van der Waals surface area contributed by atoms with Crippen LogP contribution < -0.4 is 0 Å². The van der Waals surface area contributed by atoms with Crippen molar-refractivity contribution in [2.45, 2.75) is 38.2 Å². The molecule has 1 aromatic carbocycles. The molecule has 0 heterocycles. The summed E-state index contributed by atoms with van der Waals surface area (Å²) in [5.41, 5.74) is 0.901. The molecule has 16 heavy (non-hydrogen) atoms. The second-order valence-corrected chi connectivity index (χ2v) is 5.05. The minimum atomic E-state index is -0.404. The lowest BCUT2D eigenvalue weighted by atomic mass is 9.80. The molecule has 0 spiro atoms. The Morgan fingerprint density at radius 1 is 1.44 bits per heavy atom. The van der Waals surface area contributed by atoms with Gasteiger partial charge < -0.3 is 5.11 Å². The monoisotopic (exact) mass is 242 g/mol. The van der Waals surface area contributed by atoms with Crippen molar-refractivity contribution >= 4 is 11.6 Å². The van der Waals surface area contributed by atoms with Crippen molar-refractivity contribution in [3.8, 4) is 0 Å². The van der Waals surface area contributed by atoms with Gasteiger partial charge in [0.2, 0.25) is 0 Å². The predicted octanol–water partition coefficient (Wildman–Crippen LogP) is 3.57. The first-order chi connectivity index (χ1) is 7.65. The molecule has 3 heteroatoms. The van der Waals surface area contributed by atoms with Crippen molar-refractivity contribution in [2.75, 3.05) is 0 Å². The summed E-state index contributed by atoms with van der Waals surface area (Å²) in [5, 5.41) is 9.99. The highest BCUT2D eigenvalue weighted by Gasteiger charge is 2.21. The van der Waals surface area contributed by atoms with E-state index >= 15 is 0 Å². The molecule has 2 rings (SSSR count). The smallest absolute Gasteiger partial charge is 0.141 e. The van der Waals surface area contributed by atoms with Gasteiger partial charge in [0, 0.05) is 0 Å². The van der Waals surface area contributed by atoms with E-state index in [0.717, 1.165) is 12.0 Å². The van der Waals surface area contributed by atoms with Crippen LogP contribution in [-0.2, 0) is 6.42 Å². The fraction of sp³-hybridized carbons (Fsp3) is 0.538. The second kappa shape index (κ2) is 5.15. The molecule has 0 saturated heterocycles. The third kappa shape index (κ3) is 2.96. The standard InChI is InChI=1S/C13H16ClFO/c14-12-8-10(4-5-13(12)15)7-11(16)6-9-2-1-3-9/h4-5,8-9,11,16H,1-3,6-7H2. The maximum absolute atomic E-state index is 12.9. The average Bonchev–Trinajstić information content (AvgIpc) is 2.18. The van der Waals surface area contributed by atoms with Crippen LogP contribution >= 0.6 is 11.6 Å². The number of aliphatic hydroxyl groups is 1. The van der Waals surface area contributed by atoms with Gasteiger partial charge in [-0.15, -0.1) is 0 Å². The Morgan fingerprint density at radius 2 is 2.19 bits per heavy atom. The van der Waals surface area contributed by atoms with Gasteiger partial charge in [0.15, 0.2) is 0 Å². The van der Waals surface area contributed by atoms with Gasteiger partial charge in [-0.2, -0.15) is 0 Å². The molecule has 0 aromatic heterocycles. The number of hydrogen-bond donors (Lipinski definition) is 1. The van der Waals surface area contributed by atoms with E-state index in [9.17, 15) is 9.50 Å². The topological polar surface area (TPSA) is 20.2 Å². The summed E-state index contributed by atoms with van der Waals surface area (Å²) in [7, 11) is 0. The normalized spacial score (nSPS) is 18.2. The summed E-state index contributed by atoms with van der Waals surface area (Å²) in [4.78, 5) is 0. The molecule has 0 amide bonds. The van der Waals surface area contributed by atoms with Crippen molar-refractivity contribution in [2.24, 2.45) is 5.92 Å². The van der Waals surface area contributed by atoms with E-state index in [0.29, 0.717) is 12.3 Å². The Kier molecular flexibility index (Phi) is 3.82. The molecule has 1 nitrogen and oxygen atoms in total. The van der Waals surface area contributed by atoms with Gasteiger partial charge in [0.05, 0.1) is 11.1 Å². The minimum Gasteiger partial charge on any atom is -0.393 e. The summed E-state index contributed by atoms with van der Waals surface area (Å²) in [6.45, 7) is 0. The highest BCUT2D eigenvalue weighted by molar-refractivity contribution is 6.30. The number of hydrogen-bond acceptors (Lipinski definition) is 1. The molecule has 1 aromatic rings. The zero-order valence-electron chi connectivity index (χ0n) is 9.13. The summed E-state index contributed by atoms with van der Waals surface area (Å²) >= 11 is 5.68. The second-order valence-electron chi connectivity index (χ2n) is 4.64. The van der Waals surface area contributed by atoms with Crippen LogP contribution in [0, 0.1) is 11.7 Å². The fourth-order valence-electron chi connectivity index (χ4n) is 2.14. The zero-order valence-corrected chi connectivity index (χ0v) is 9.88. The van der Waals surface area contributed by atoms with Crippen LogP contribution in [0.5, 0.6) is 0 Å². The first-order valence-corrected chi connectivity index (χ1v) is 6.15. The summed E-state index contributed by atoms with van der Waals surface area (Å²) in [6.07, 6.45) is 4.86. The Bertz CT molecular complexity index is 363. The molecular formula is C13H16ClFO. The molecular weight excluding hydrogens is 227 g/mol. The highest BCUT2D eigenvalue weighted by Crippen LogP contribution is 2.31. The maximum atomic E-state index is 12.9. The van der Waals surface area contributed by atoms with Crippen molar-refractivity contribution in [1.29, 1.82) is 0 Å². The van der Waals surface area contributed by atoms with Gasteiger partial charge in [0.1, 0.15) is 5.82 Å². The fourth-order valence-corrected chi connectivity index (χ4v) is 2.34. The molecule has 1 saturated carbocycles. The molecule has 88 valence electrons. The van der Waals surface area contributed by atoms with Crippen LogP contribution in [0.25, 0.3) is 0 Å². The third-order valence-electron chi connectivity index (χ3n) is 3.29. The Hall–Kier alpha value is -0.600. The van der Waals surface area contributed by atoms with E-state index in [1.54, 1.807) is 12.1 Å². The van der Waals surface area contributed by atoms with Crippen molar-refractivity contribution in [1.82, 2.24) is 0 Å². The van der Waals surface area contributed by atoms with Crippen LogP contribution in [0.1, 0.15) is 31.2 Å². The average molecular weight is 243 g/mol. The number of aliphatic hydroxyl groups excluding tert-OH is 1. The number of halogens is 2. The van der Waals surface area contributed by atoms with Gasteiger partial charge >= 0.3 is 0 Å². The van der Waals surface area contributed by atoms with Gasteiger partial charge in [-0.05, 0) is 36.5 Å². The third-order valence-corrected chi connectivity index (χ3v) is 3.58. The van der Waals surface area contributed by atoms with E-state index in [2.05, 4.69) is 0 Å². The van der Waals surface area contributed by atoms with Gasteiger partial charge in [-0.25, -0.2) is 4.39 Å². The first-order valence-electron chi connectivity index (χ1n) is 5.77. The largest absolute Gasteiger partial charge is 0.393 e. The highest BCUT2D eigenvalue weighted by atomic mass is 35.5. The van der Waals surface area contributed by atoms with Crippen molar-refractivity contribution in [3.05, 3.63) is 34.6 Å². The minimum absolute atomic E-state index is 0.133. The molecule has 0 aliphatic heterocycles. The van der Waals surface area contributed by atoms with Gasteiger partial charge in [0.25, 0.3) is 0 Å². The molecule has 1 N–H and O–H groups in total. The Morgan fingerprint density at radius 3 is 2.75 bits per heavy atom. The van der Waals surface area contributed by atoms with E-state index in [4.69, 9.17) is 11.6 Å². The van der Waals surface area contributed by atoms with Crippen LogP contribution in [0.4, 0.5) is 4.39 Å². The molecule has 1 unspecified atom stereocenters.